The van der Waals surface area contributed by atoms with Gasteiger partial charge in [0.1, 0.15) is 6.79 Å². The van der Waals surface area contributed by atoms with Crippen molar-refractivity contribution in [3.05, 3.63) is 0 Å². The highest BCUT2D eigenvalue weighted by Gasteiger charge is 1.78. The molecule has 0 aliphatic rings. The van der Waals surface area contributed by atoms with Gasteiger partial charge in [0.15, 0.2) is 11.1 Å². The van der Waals surface area contributed by atoms with Gasteiger partial charge in [-0.3, -0.25) is 0 Å². The molecule has 0 saturated heterocycles. The van der Waals surface area contributed by atoms with Gasteiger partial charge in [0.2, 0.25) is 0 Å². The fourth-order valence-corrected chi connectivity index (χ4v) is 0.233. The summed E-state index contributed by atoms with van der Waals surface area (Å²) in [6, 6.07) is 0. The number of hydrogen-bond donors (Lipinski definition) is 3. The lowest BCUT2D eigenvalue weighted by Gasteiger charge is -1.84. The van der Waals surface area contributed by atoms with E-state index in [1.807, 2.05) is 6.79 Å². The summed E-state index contributed by atoms with van der Waals surface area (Å²) in [4.78, 5) is 11.3. The Morgan fingerprint density at radius 2 is 1.67 bits per heavy atom. The van der Waals surface area contributed by atoms with Crippen LogP contribution in [-0.4, -0.2) is 17.9 Å². The molecule has 0 aliphatic carbocycles. The Bertz CT molecular complexity index is 119. The molecule has 6 N–H and O–H groups in total. The Labute approximate surface area is 57.9 Å². The zero-order valence-corrected chi connectivity index (χ0v) is 5.52. The summed E-state index contributed by atoms with van der Waals surface area (Å²) in [5.74, 6) is -0.104. The summed E-state index contributed by atoms with van der Waals surface area (Å²) in [5, 5.41) is -0.0417. The van der Waals surface area contributed by atoms with Gasteiger partial charge in [-0.2, -0.15) is 4.99 Å². The lowest BCUT2D eigenvalue weighted by Crippen LogP contribution is -2.25. The first-order valence-electron chi connectivity index (χ1n) is 1.81. The molecule has 0 rings (SSSR count). The number of aliphatic imine (C=N–C) groups is 1. The van der Waals surface area contributed by atoms with Crippen molar-refractivity contribution in [2.75, 3.05) is 0 Å². The van der Waals surface area contributed by atoms with Crippen LogP contribution in [0.25, 0.3) is 0 Å². The molecular weight excluding hydrogens is 140 g/mol. The zero-order chi connectivity index (χ0) is 7.86. The van der Waals surface area contributed by atoms with Crippen LogP contribution in [0, 0.1) is 0 Å². The Balaban J connectivity index is 0. The predicted octanol–water partition coefficient (Wildman–Crippen LogP) is -1.68. The van der Waals surface area contributed by atoms with Crippen LogP contribution >= 0.6 is 12.2 Å². The average molecular weight is 148 g/mol. The van der Waals surface area contributed by atoms with Gasteiger partial charge in [0.05, 0.1) is 0 Å². The molecule has 0 aliphatic heterocycles. The van der Waals surface area contributed by atoms with Crippen molar-refractivity contribution in [3.8, 4) is 0 Å². The molecule has 0 spiro atoms. The van der Waals surface area contributed by atoms with Gasteiger partial charge in [-0.1, -0.05) is 0 Å². The molecule has 0 atom stereocenters. The number of carbonyl (C=O) groups excluding carboxylic acids is 1. The van der Waals surface area contributed by atoms with Gasteiger partial charge < -0.3 is 22.0 Å². The second-order valence-corrected chi connectivity index (χ2v) is 1.29. The lowest BCUT2D eigenvalue weighted by molar-refractivity contribution is -0.0979. The standard InChI is InChI=1S/C2H6N4S.CH2O/c3-1(4)6-2(5)7;1-2/h(H6,3,4,5,6,7);1H2. The largest absolute Gasteiger partial charge is 0.374 e. The SMILES string of the molecule is C=O.NC(=S)N=C(N)N. The van der Waals surface area contributed by atoms with Gasteiger partial charge in [-0.25, -0.2) is 0 Å². The highest BCUT2D eigenvalue weighted by molar-refractivity contribution is 7.80. The lowest BCUT2D eigenvalue weighted by atomic mass is 11.0. The van der Waals surface area contributed by atoms with Gasteiger partial charge >= 0.3 is 0 Å². The van der Waals surface area contributed by atoms with E-state index in [4.69, 9.17) is 22.0 Å². The van der Waals surface area contributed by atoms with Crippen molar-refractivity contribution in [2.24, 2.45) is 22.2 Å². The van der Waals surface area contributed by atoms with E-state index in [2.05, 4.69) is 17.2 Å². The number of thiocarbonyl (C=S) groups is 1. The van der Waals surface area contributed by atoms with Gasteiger partial charge in [0.25, 0.3) is 0 Å². The third kappa shape index (κ3) is 19.9. The third-order valence-electron chi connectivity index (χ3n) is 0.239. The molecule has 52 valence electrons. The maximum absolute atomic E-state index is 8.00. The minimum absolute atomic E-state index is 0.0417. The quantitative estimate of drug-likeness (QED) is 0.216. The highest BCUT2D eigenvalue weighted by atomic mass is 32.1. The molecule has 0 heterocycles. The van der Waals surface area contributed by atoms with Crippen LogP contribution in [0.15, 0.2) is 4.99 Å². The van der Waals surface area contributed by atoms with Gasteiger partial charge in [0, 0.05) is 0 Å². The number of carbonyl (C=O) groups is 1. The van der Waals surface area contributed by atoms with E-state index >= 15 is 0 Å². The molecule has 5 nitrogen and oxygen atoms in total. The fourth-order valence-electron chi connectivity index (χ4n) is 0.127. The molecule has 0 radical (unpaired) electrons. The first kappa shape index (κ1) is 10.7. The van der Waals surface area contributed by atoms with E-state index in [0.717, 1.165) is 0 Å². The van der Waals surface area contributed by atoms with Gasteiger partial charge in [-0.15, -0.1) is 0 Å². The predicted molar refractivity (Wildman–Crippen MR) is 39.7 cm³/mol. The van der Waals surface area contributed by atoms with E-state index in [1.165, 1.54) is 0 Å². The van der Waals surface area contributed by atoms with Crippen molar-refractivity contribution in [1.82, 2.24) is 0 Å². The van der Waals surface area contributed by atoms with Crippen LogP contribution in [0.3, 0.4) is 0 Å². The summed E-state index contributed by atoms with van der Waals surface area (Å²) < 4.78 is 0. The number of nitrogens with two attached hydrogens (primary N) is 3. The first-order chi connectivity index (χ1) is 4.13. The molecule has 0 aromatic carbocycles. The van der Waals surface area contributed by atoms with Crippen molar-refractivity contribution in [2.45, 2.75) is 0 Å². The summed E-state index contributed by atoms with van der Waals surface area (Å²) in [6.45, 7) is 2.00. The van der Waals surface area contributed by atoms with Crippen LogP contribution in [0.4, 0.5) is 0 Å². The summed E-state index contributed by atoms with van der Waals surface area (Å²) in [5.41, 5.74) is 14.6. The molecule has 0 bridgehead atoms. The molecule has 0 amide bonds. The van der Waals surface area contributed by atoms with Crippen LogP contribution in [0.5, 0.6) is 0 Å². The highest BCUT2D eigenvalue weighted by Crippen LogP contribution is 1.62. The van der Waals surface area contributed by atoms with E-state index in [1.54, 1.807) is 0 Å². The second kappa shape index (κ2) is 6.83. The third-order valence-corrected chi connectivity index (χ3v) is 0.331. The Morgan fingerprint density at radius 3 is 1.67 bits per heavy atom. The molecule has 9 heavy (non-hydrogen) atoms. The van der Waals surface area contributed by atoms with Crippen molar-refractivity contribution >= 4 is 30.1 Å². The second-order valence-electron chi connectivity index (χ2n) is 0.875. The summed E-state index contributed by atoms with van der Waals surface area (Å²) in [7, 11) is 0. The molecule has 0 unspecified atom stereocenters. The Morgan fingerprint density at radius 1 is 1.33 bits per heavy atom. The van der Waals surface area contributed by atoms with Crippen LogP contribution in [-0.2, 0) is 4.79 Å². The number of rotatable bonds is 0. The summed E-state index contributed by atoms with van der Waals surface area (Å²) in [6.07, 6.45) is 0. The van der Waals surface area contributed by atoms with Gasteiger partial charge in [-0.05, 0) is 12.2 Å². The molecule has 0 aromatic rings. The van der Waals surface area contributed by atoms with E-state index in [-0.39, 0.29) is 11.1 Å². The van der Waals surface area contributed by atoms with Crippen molar-refractivity contribution < 1.29 is 4.79 Å². The number of nitrogens with zero attached hydrogens (tertiary/aromatic N) is 1. The molecule has 0 aromatic heterocycles. The summed E-state index contributed by atoms with van der Waals surface area (Å²) >= 11 is 4.30. The number of guanidine groups is 1. The molecular formula is C3H8N4OS. The smallest absolute Gasteiger partial charge is 0.193 e. The molecule has 6 heteroatoms. The molecule has 0 saturated carbocycles. The van der Waals surface area contributed by atoms with Crippen LogP contribution in [0.2, 0.25) is 0 Å². The normalized spacial score (nSPS) is 6.22. The van der Waals surface area contributed by atoms with Crippen molar-refractivity contribution in [1.29, 1.82) is 0 Å². The number of hydrogen-bond acceptors (Lipinski definition) is 2. The minimum Gasteiger partial charge on any atom is -0.374 e. The maximum atomic E-state index is 8.00. The van der Waals surface area contributed by atoms with E-state index in [9.17, 15) is 0 Å². The first-order valence-corrected chi connectivity index (χ1v) is 2.21. The van der Waals surface area contributed by atoms with E-state index in [0.29, 0.717) is 0 Å². The fraction of sp³-hybridized carbons (Fsp3) is 0. The van der Waals surface area contributed by atoms with Crippen LogP contribution < -0.4 is 17.2 Å². The molecule has 0 fully saturated rings. The Kier molecular flexibility index (Phi) is 8.16. The zero-order valence-electron chi connectivity index (χ0n) is 4.70. The Hall–Kier alpha value is -1.17. The topological polar surface area (TPSA) is 107 Å². The van der Waals surface area contributed by atoms with Crippen molar-refractivity contribution in [3.63, 3.8) is 0 Å². The van der Waals surface area contributed by atoms with E-state index < -0.39 is 0 Å². The maximum Gasteiger partial charge on any atom is 0.193 e. The monoisotopic (exact) mass is 148 g/mol. The average Bonchev–Trinajstić information content (AvgIpc) is 1.68. The minimum atomic E-state index is -0.104. The van der Waals surface area contributed by atoms with Crippen LogP contribution in [0.1, 0.15) is 0 Å².